The molecule has 2 heterocycles. The number of likely N-dealkylation sites (tertiary alicyclic amines) is 1. The minimum absolute atomic E-state index is 0. The fourth-order valence-corrected chi connectivity index (χ4v) is 3.75. The minimum atomic E-state index is 0. The monoisotopic (exact) mass is 479 g/mol. The van der Waals surface area contributed by atoms with Crippen molar-refractivity contribution >= 4 is 41.3 Å². The summed E-state index contributed by atoms with van der Waals surface area (Å²) in [6, 6.07) is 0. The first-order valence-corrected chi connectivity index (χ1v) is 10.2. The first kappa shape index (κ1) is 22.6. The second-order valence-corrected chi connectivity index (χ2v) is 7.60. The molecule has 1 aliphatic rings. The van der Waals surface area contributed by atoms with Crippen LogP contribution in [-0.2, 0) is 6.42 Å². The summed E-state index contributed by atoms with van der Waals surface area (Å²) < 4.78 is 0. The number of thiazole rings is 1. The zero-order chi connectivity index (χ0) is 17.2. The lowest BCUT2D eigenvalue weighted by atomic mass is 9.97. The van der Waals surface area contributed by atoms with Crippen LogP contribution in [0.1, 0.15) is 43.8 Å². The van der Waals surface area contributed by atoms with E-state index in [-0.39, 0.29) is 24.0 Å². The number of hydrogen-bond acceptors (Lipinski definition) is 4. The van der Waals surface area contributed by atoms with Crippen LogP contribution in [0.2, 0.25) is 0 Å². The number of halogens is 1. The summed E-state index contributed by atoms with van der Waals surface area (Å²) in [4.78, 5) is 11.9. The normalized spacial score (nSPS) is 16.5. The van der Waals surface area contributed by atoms with E-state index in [1.54, 1.807) is 11.3 Å². The number of hydrogen-bond donors (Lipinski definition) is 2. The lowest BCUT2D eigenvalue weighted by Gasteiger charge is -2.31. The maximum atomic E-state index is 4.80. The van der Waals surface area contributed by atoms with Crippen LogP contribution in [0.15, 0.2) is 10.4 Å². The number of aromatic nitrogens is 1. The molecule has 0 atom stereocenters. The first-order valence-electron chi connectivity index (χ1n) is 9.36. The van der Waals surface area contributed by atoms with Gasteiger partial charge in [0, 0.05) is 31.4 Å². The number of piperidine rings is 1. The molecule has 0 spiro atoms. The van der Waals surface area contributed by atoms with Gasteiger partial charge in [-0.25, -0.2) is 4.98 Å². The van der Waals surface area contributed by atoms with Gasteiger partial charge in [-0.05, 0) is 58.7 Å². The van der Waals surface area contributed by atoms with E-state index in [2.05, 4.69) is 46.7 Å². The Bertz CT molecular complexity index is 497. The van der Waals surface area contributed by atoms with Gasteiger partial charge in [-0.1, -0.05) is 6.92 Å². The van der Waals surface area contributed by atoms with Crippen molar-refractivity contribution in [2.75, 3.05) is 39.3 Å². The molecular formula is C18H34IN5S. The Morgan fingerprint density at radius 2 is 2.08 bits per heavy atom. The second-order valence-electron chi connectivity index (χ2n) is 6.54. The molecule has 1 aliphatic heterocycles. The zero-order valence-corrected chi connectivity index (χ0v) is 19.0. The van der Waals surface area contributed by atoms with Crippen molar-refractivity contribution in [1.29, 1.82) is 0 Å². The Morgan fingerprint density at radius 3 is 2.68 bits per heavy atom. The van der Waals surface area contributed by atoms with Crippen LogP contribution >= 0.6 is 35.3 Å². The number of guanidine groups is 1. The van der Waals surface area contributed by atoms with E-state index in [4.69, 9.17) is 4.99 Å². The second kappa shape index (κ2) is 12.9. The lowest BCUT2D eigenvalue weighted by Crippen LogP contribution is -2.39. The van der Waals surface area contributed by atoms with Gasteiger partial charge in [-0.2, -0.15) is 0 Å². The SMILES string of the molecule is CCCN1CCC(CN=C(NCC)NCCc2csc(C)n2)CC1.I. The Labute approximate surface area is 174 Å². The van der Waals surface area contributed by atoms with E-state index in [0.29, 0.717) is 0 Å². The molecule has 0 radical (unpaired) electrons. The van der Waals surface area contributed by atoms with Crippen molar-refractivity contribution in [1.82, 2.24) is 20.5 Å². The van der Waals surface area contributed by atoms with Gasteiger partial charge in [-0.3, -0.25) is 4.99 Å². The topological polar surface area (TPSA) is 52.5 Å². The molecule has 7 heteroatoms. The maximum absolute atomic E-state index is 4.80. The fourth-order valence-electron chi connectivity index (χ4n) is 3.10. The third kappa shape index (κ3) is 8.68. The van der Waals surface area contributed by atoms with E-state index in [0.717, 1.165) is 42.9 Å². The average Bonchev–Trinajstić information content (AvgIpc) is 2.99. The quantitative estimate of drug-likeness (QED) is 0.342. The molecule has 0 aliphatic carbocycles. The van der Waals surface area contributed by atoms with Crippen molar-refractivity contribution in [2.45, 2.75) is 46.5 Å². The zero-order valence-electron chi connectivity index (χ0n) is 15.9. The van der Waals surface area contributed by atoms with Crippen LogP contribution in [0.4, 0.5) is 0 Å². The van der Waals surface area contributed by atoms with E-state index < -0.39 is 0 Å². The van der Waals surface area contributed by atoms with Gasteiger partial charge < -0.3 is 15.5 Å². The number of aryl methyl sites for hydroxylation is 1. The maximum Gasteiger partial charge on any atom is 0.191 e. The molecule has 0 bridgehead atoms. The largest absolute Gasteiger partial charge is 0.357 e. The summed E-state index contributed by atoms with van der Waals surface area (Å²) in [6.07, 6.45) is 4.77. The van der Waals surface area contributed by atoms with Crippen molar-refractivity contribution in [3.8, 4) is 0 Å². The molecule has 2 N–H and O–H groups in total. The molecule has 1 aromatic heterocycles. The standard InChI is InChI=1S/C18H33N5S.HI/c1-4-10-23-11-7-16(8-12-23)13-21-18(19-5-2)20-9-6-17-14-24-15(3)22-17;/h14,16H,4-13H2,1-3H3,(H2,19,20,21);1H. The Hall–Kier alpha value is -0.410. The van der Waals surface area contributed by atoms with E-state index in [1.165, 1.54) is 44.6 Å². The van der Waals surface area contributed by atoms with Gasteiger partial charge >= 0.3 is 0 Å². The smallest absolute Gasteiger partial charge is 0.191 e. The highest BCUT2D eigenvalue weighted by atomic mass is 127. The fraction of sp³-hybridized carbons (Fsp3) is 0.778. The summed E-state index contributed by atoms with van der Waals surface area (Å²) >= 11 is 1.72. The van der Waals surface area contributed by atoms with Gasteiger partial charge in [-0.15, -0.1) is 35.3 Å². The molecule has 0 aromatic carbocycles. The van der Waals surface area contributed by atoms with E-state index >= 15 is 0 Å². The number of nitrogens with one attached hydrogen (secondary N) is 2. The molecule has 25 heavy (non-hydrogen) atoms. The lowest BCUT2D eigenvalue weighted by molar-refractivity contribution is 0.188. The van der Waals surface area contributed by atoms with Crippen LogP contribution in [0.5, 0.6) is 0 Å². The average molecular weight is 479 g/mol. The molecular weight excluding hydrogens is 445 g/mol. The number of rotatable bonds is 8. The molecule has 1 fully saturated rings. The van der Waals surface area contributed by atoms with Gasteiger partial charge in [0.2, 0.25) is 0 Å². The molecule has 5 nitrogen and oxygen atoms in total. The molecule has 0 saturated carbocycles. The summed E-state index contributed by atoms with van der Waals surface area (Å²) in [7, 11) is 0. The number of aliphatic imine (C=N–C) groups is 1. The van der Waals surface area contributed by atoms with E-state index in [1.807, 2.05) is 0 Å². The first-order chi connectivity index (χ1) is 11.7. The summed E-state index contributed by atoms with van der Waals surface area (Å²) in [6.45, 7) is 12.9. The predicted octanol–water partition coefficient (Wildman–Crippen LogP) is 3.29. The van der Waals surface area contributed by atoms with Crippen LogP contribution in [-0.4, -0.2) is 55.1 Å². The molecule has 1 aromatic rings. The van der Waals surface area contributed by atoms with Crippen LogP contribution in [0.25, 0.3) is 0 Å². The van der Waals surface area contributed by atoms with Gasteiger partial charge in [0.25, 0.3) is 0 Å². The third-order valence-corrected chi connectivity index (χ3v) is 5.26. The van der Waals surface area contributed by atoms with Gasteiger partial charge in [0.05, 0.1) is 10.7 Å². The Kier molecular flexibility index (Phi) is 11.6. The highest BCUT2D eigenvalue weighted by molar-refractivity contribution is 14.0. The molecule has 0 amide bonds. The highest BCUT2D eigenvalue weighted by Gasteiger charge is 2.18. The van der Waals surface area contributed by atoms with E-state index in [9.17, 15) is 0 Å². The van der Waals surface area contributed by atoms with Crippen molar-refractivity contribution in [3.63, 3.8) is 0 Å². The van der Waals surface area contributed by atoms with Crippen molar-refractivity contribution < 1.29 is 0 Å². The highest BCUT2D eigenvalue weighted by Crippen LogP contribution is 2.17. The summed E-state index contributed by atoms with van der Waals surface area (Å²) in [5.41, 5.74) is 1.17. The van der Waals surface area contributed by atoms with Crippen LogP contribution in [0.3, 0.4) is 0 Å². The molecule has 0 unspecified atom stereocenters. The molecule has 2 rings (SSSR count). The number of nitrogens with zero attached hydrogens (tertiary/aromatic N) is 3. The summed E-state index contributed by atoms with van der Waals surface area (Å²) in [5, 5.41) is 10.1. The Morgan fingerprint density at radius 1 is 1.32 bits per heavy atom. The van der Waals surface area contributed by atoms with Crippen molar-refractivity contribution in [3.05, 3.63) is 16.1 Å². The Balaban J connectivity index is 0.00000312. The van der Waals surface area contributed by atoms with Crippen LogP contribution in [0, 0.1) is 12.8 Å². The van der Waals surface area contributed by atoms with Gasteiger partial charge in [0.1, 0.15) is 0 Å². The summed E-state index contributed by atoms with van der Waals surface area (Å²) in [5.74, 6) is 1.68. The van der Waals surface area contributed by atoms with Crippen molar-refractivity contribution in [2.24, 2.45) is 10.9 Å². The van der Waals surface area contributed by atoms with Crippen LogP contribution < -0.4 is 10.6 Å². The predicted molar refractivity (Wildman–Crippen MR) is 119 cm³/mol. The minimum Gasteiger partial charge on any atom is -0.357 e. The molecule has 144 valence electrons. The van der Waals surface area contributed by atoms with Gasteiger partial charge in [0.15, 0.2) is 5.96 Å². The molecule has 1 saturated heterocycles. The third-order valence-electron chi connectivity index (χ3n) is 4.44.